The normalized spacial score (nSPS) is 18.4. The Kier molecular flexibility index (Phi) is 3.96. The Labute approximate surface area is 123 Å². The van der Waals surface area contributed by atoms with E-state index >= 15 is 0 Å². The molecular formula is C15H19N5O. The van der Waals surface area contributed by atoms with Crippen molar-refractivity contribution in [2.45, 2.75) is 32.2 Å². The van der Waals surface area contributed by atoms with E-state index in [0.717, 1.165) is 42.9 Å². The smallest absolute Gasteiger partial charge is 0.241 e. The van der Waals surface area contributed by atoms with E-state index in [4.69, 9.17) is 0 Å². The number of nitrogens with zero attached hydrogens (tertiary/aromatic N) is 2. The number of nitrogens with one attached hydrogen (secondary N) is 3. The lowest BCUT2D eigenvalue weighted by molar-refractivity contribution is -0.118. The Hall–Kier alpha value is -2.21. The minimum atomic E-state index is -0.110. The summed E-state index contributed by atoms with van der Waals surface area (Å²) in [5.41, 5.74) is 1.57. The number of hydrogen-bond donors (Lipinski definition) is 3. The molecule has 6 heteroatoms. The van der Waals surface area contributed by atoms with Crippen molar-refractivity contribution in [2.75, 3.05) is 11.9 Å². The highest BCUT2D eigenvalue weighted by Gasteiger charge is 2.21. The fourth-order valence-corrected chi connectivity index (χ4v) is 2.55. The summed E-state index contributed by atoms with van der Waals surface area (Å²) in [6.07, 6.45) is 3.11. The Balaban J connectivity index is 1.80. The van der Waals surface area contributed by atoms with E-state index < -0.39 is 0 Å². The molecular weight excluding hydrogens is 266 g/mol. The molecule has 2 aromatic rings. The predicted octanol–water partition coefficient (Wildman–Crippen LogP) is 1.86. The minimum Gasteiger partial charge on any atom is -0.324 e. The number of anilines is 1. The summed E-state index contributed by atoms with van der Waals surface area (Å²) in [4.78, 5) is 16.7. The van der Waals surface area contributed by atoms with E-state index in [0.29, 0.717) is 5.82 Å². The number of H-pyrrole nitrogens is 1. The molecule has 110 valence electrons. The van der Waals surface area contributed by atoms with Gasteiger partial charge in [0.25, 0.3) is 0 Å². The third kappa shape index (κ3) is 3.11. The highest BCUT2D eigenvalue weighted by molar-refractivity contribution is 5.98. The van der Waals surface area contributed by atoms with Crippen LogP contribution in [0.4, 0.5) is 5.69 Å². The summed E-state index contributed by atoms with van der Waals surface area (Å²) in [5, 5.41) is 13.2. The van der Waals surface area contributed by atoms with Crippen LogP contribution in [0.1, 0.15) is 25.1 Å². The molecule has 2 heterocycles. The van der Waals surface area contributed by atoms with Crippen molar-refractivity contribution in [3.8, 4) is 11.4 Å². The van der Waals surface area contributed by atoms with Crippen LogP contribution in [-0.4, -0.2) is 33.7 Å². The fourth-order valence-electron chi connectivity index (χ4n) is 2.55. The topological polar surface area (TPSA) is 82.7 Å². The van der Waals surface area contributed by atoms with Gasteiger partial charge in [-0.15, -0.1) is 0 Å². The molecule has 0 aliphatic carbocycles. The van der Waals surface area contributed by atoms with Crippen LogP contribution in [0.15, 0.2) is 24.3 Å². The van der Waals surface area contributed by atoms with Crippen molar-refractivity contribution in [3.05, 3.63) is 30.1 Å². The van der Waals surface area contributed by atoms with Gasteiger partial charge >= 0.3 is 0 Å². The SMILES string of the molecule is Cc1nc(-c2ccccc2NC(=O)[C@@H]2CCCCN2)n[nH]1. The number of piperidine rings is 1. The molecule has 3 rings (SSSR count). The van der Waals surface area contributed by atoms with Crippen LogP contribution in [0, 0.1) is 6.92 Å². The van der Waals surface area contributed by atoms with Crippen LogP contribution in [0.5, 0.6) is 0 Å². The van der Waals surface area contributed by atoms with Crippen molar-refractivity contribution >= 4 is 11.6 Å². The molecule has 0 bridgehead atoms. The Morgan fingerprint density at radius 1 is 1.33 bits per heavy atom. The number of aromatic nitrogens is 3. The van der Waals surface area contributed by atoms with Crippen molar-refractivity contribution in [1.29, 1.82) is 0 Å². The summed E-state index contributed by atoms with van der Waals surface area (Å²) in [6.45, 7) is 2.75. The first-order valence-corrected chi connectivity index (χ1v) is 7.27. The van der Waals surface area contributed by atoms with Crippen molar-refractivity contribution in [1.82, 2.24) is 20.5 Å². The van der Waals surface area contributed by atoms with Gasteiger partial charge in [0.05, 0.1) is 11.7 Å². The number of hydrogen-bond acceptors (Lipinski definition) is 4. The zero-order valence-electron chi connectivity index (χ0n) is 12.0. The highest BCUT2D eigenvalue weighted by atomic mass is 16.2. The molecule has 0 spiro atoms. The van der Waals surface area contributed by atoms with Crippen LogP contribution < -0.4 is 10.6 Å². The first kappa shape index (κ1) is 13.8. The van der Waals surface area contributed by atoms with Crippen LogP contribution in [0.3, 0.4) is 0 Å². The second-order valence-electron chi connectivity index (χ2n) is 5.28. The summed E-state index contributed by atoms with van der Waals surface area (Å²) in [6, 6.07) is 7.48. The maximum Gasteiger partial charge on any atom is 0.241 e. The van der Waals surface area contributed by atoms with Crippen molar-refractivity contribution < 1.29 is 4.79 Å². The zero-order valence-corrected chi connectivity index (χ0v) is 12.0. The van der Waals surface area contributed by atoms with E-state index in [9.17, 15) is 4.79 Å². The maximum atomic E-state index is 12.3. The molecule has 0 unspecified atom stereocenters. The quantitative estimate of drug-likeness (QED) is 0.804. The molecule has 1 aromatic heterocycles. The number of rotatable bonds is 3. The van der Waals surface area contributed by atoms with Crippen molar-refractivity contribution in [2.24, 2.45) is 0 Å². The fraction of sp³-hybridized carbons (Fsp3) is 0.400. The van der Waals surface area contributed by atoms with Gasteiger partial charge in [0.2, 0.25) is 5.91 Å². The number of aryl methyl sites for hydroxylation is 1. The molecule has 3 N–H and O–H groups in total. The Morgan fingerprint density at radius 2 is 2.19 bits per heavy atom. The number of carbonyl (C=O) groups excluding carboxylic acids is 1. The first-order valence-electron chi connectivity index (χ1n) is 7.27. The standard InChI is InChI=1S/C15H19N5O/c1-10-17-14(20-19-10)11-6-2-3-7-12(11)18-15(21)13-8-4-5-9-16-13/h2-3,6-7,13,16H,4-5,8-9H2,1H3,(H,18,21)(H,17,19,20)/t13-/m0/s1. The molecule has 1 saturated heterocycles. The highest BCUT2D eigenvalue weighted by Crippen LogP contribution is 2.25. The van der Waals surface area contributed by atoms with Gasteiger partial charge in [0.15, 0.2) is 5.82 Å². The molecule has 1 atom stereocenters. The van der Waals surface area contributed by atoms with Crippen molar-refractivity contribution in [3.63, 3.8) is 0 Å². The molecule has 21 heavy (non-hydrogen) atoms. The van der Waals surface area contributed by atoms with Gasteiger partial charge in [-0.1, -0.05) is 18.6 Å². The van der Waals surface area contributed by atoms with Gasteiger partial charge in [-0.3, -0.25) is 9.89 Å². The van der Waals surface area contributed by atoms with E-state index in [-0.39, 0.29) is 11.9 Å². The predicted molar refractivity (Wildman–Crippen MR) is 80.8 cm³/mol. The summed E-state index contributed by atoms with van der Waals surface area (Å²) in [7, 11) is 0. The molecule has 0 radical (unpaired) electrons. The molecule has 1 aromatic carbocycles. The van der Waals surface area contributed by atoms with Crippen LogP contribution >= 0.6 is 0 Å². The number of amides is 1. The van der Waals surface area contributed by atoms with E-state index in [1.54, 1.807) is 0 Å². The Bertz CT molecular complexity index is 630. The third-order valence-electron chi connectivity index (χ3n) is 3.65. The first-order chi connectivity index (χ1) is 10.2. The average Bonchev–Trinajstić information content (AvgIpc) is 2.95. The average molecular weight is 285 g/mol. The van der Waals surface area contributed by atoms with Gasteiger partial charge in [0.1, 0.15) is 5.82 Å². The monoisotopic (exact) mass is 285 g/mol. The molecule has 1 aliphatic rings. The van der Waals surface area contributed by atoms with Crippen LogP contribution in [-0.2, 0) is 4.79 Å². The minimum absolute atomic E-state index is 0.00871. The van der Waals surface area contributed by atoms with E-state index in [1.165, 1.54) is 0 Å². The molecule has 1 fully saturated rings. The van der Waals surface area contributed by atoms with Gasteiger partial charge < -0.3 is 10.6 Å². The second-order valence-corrected chi connectivity index (χ2v) is 5.28. The summed E-state index contributed by atoms with van der Waals surface area (Å²) in [5.74, 6) is 1.36. The van der Waals surface area contributed by atoms with Gasteiger partial charge in [-0.2, -0.15) is 5.10 Å². The zero-order chi connectivity index (χ0) is 14.7. The summed E-state index contributed by atoms with van der Waals surface area (Å²) < 4.78 is 0. The van der Waals surface area contributed by atoms with Gasteiger partial charge in [-0.25, -0.2) is 4.98 Å². The molecule has 1 aliphatic heterocycles. The molecule has 0 saturated carbocycles. The third-order valence-corrected chi connectivity index (χ3v) is 3.65. The number of carbonyl (C=O) groups is 1. The lowest BCUT2D eigenvalue weighted by Crippen LogP contribution is -2.43. The van der Waals surface area contributed by atoms with Gasteiger partial charge in [-0.05, 0) is 38.4 Å². The molecule has 1 amide bonds. The number of para-hydroxylation sites is 1. The summed E-state index contributed by atoms with van der Waals surface area (Å²) >= 11 is 0. The van der Waals surface area contributed by atoms with Crippen LogP contribution in [0.2, 0.25) is 0 Å². The van der Waals surface area contributed by atoms with Gasteiger partial charge in [0, 0.05) is 5.56 Å². The van der Waals surface area contributed by atoms with Crippen LogP contribution in [0.25, 0.3) is 11.4 Å². The Morgan fingerprint density at radius 3 is 2.90 bits per heavy atom. The lowest BCUT2D eigenvalue weighted by Gasteiger charge is -2.22. The van der Waals surface area contributed by atoms with E-state index in [2.05, 4.69) is 25.8 Å². The second kappa shape index (κ2) is 6.05. The lowest BCUT2D eigenvalue weighted by atomic mass is 10.0. The number of aromatic amines is 1. The van der Waals surface area contributed by atoms with E-state index in [1.807, 2.05) is 31.2 Å². The number of benzene rings is 1. The molecule has 6 nitrogen and oxygen atoms in total. The largest absolute Gasteiger partial charge is 0.324 e. The maximum absolute atomic E-state index is 12.3.